The first kappa shape index (κ1) is 15.0. The SMILES string of the molecule is Cl.ClCCCc1ccc(Cc2cccnc2)cc1. The molecule has 0 radical (unpaired) electrons. The molecule has 0 aliphatic carbocycles. The van der Waals surface area contributed by atoms with Crippen molar-refractivity contribution in [2.45, 2.75) is 19.3 Å². The van der Waals surface area contributed by atoms with Crippen molar-refractivity contribution in [3.8, 4) is 0 Å². The second kappa shape index (κ2) is 8.12. The summed E-state index contributed by atoms with van der Waals surface area (Å²) in [6, 6.07) is 12.8. The Labute approximate surface area is 120 Å². The first-order valence-electron chi connectivity index (χ1n) is 5.91. The summed E-state index contributed by atoms with van der Waals surface area (Å²) in [7, 11) is 0. The standard InChI is InChI=1S/C15H16ClN.ClH/c16-9-1-3-13-5-7-14(8-6-13)11-15-4-2-10-17-12-15;/h2,4-8,10,12H,1,3,9,11H2;1H. The predicted octanol–water partition coefficient (Wildman–Crippen LogP) is 4.27. The quantitative estimate of drug-likeness (QED) is 0.746. The van der Waals surface area contributed by atoms with Crippen molar-refractivity contribution in [3.63, 3.8) is 0 Å². The Hall–Kier alpha value is -1.05. The van der Waals surface area contributed by atoms with Gasteiger partial charge in [-0.25, -0.2) is 0 Å². The van der Waals surface area contributed by atoms with E-state index in [1.807, 2.05) is 12.3 Å². The average molecular weight is 282 g/mol. The van der Waals surface area contributed by atoms with Gasteiger partial charge < -0.3 is 0 Å². The molecule has 0 unspecified atom stereocenters. The number of aromatic nitrogens is 1. The number of hydrogen-bond donors (Lipinski definition) is 0. The highest BCUT2D eigenvalue weighted by Crippen LogP contribution is 2.11. The second-order valence-corrected chi connectivity index (χ2v) is 4.53. The number of pyridine rings is 1. The van der Waals surface area contributed by atoms with Gasteiger partial charge in [-0.15, -0.1) is 24.0 Å². The highest BCUT2D eigenvalue weighted by molar-refractivity contribution is 6.17. The van der Waals surface area contributed by atoms with Crippen LogP contribution in [0.3, 0.4) is 0 Å². The molecule has 0 saturated heterocycles. The van der Waals surface area contributed by atoms with Crippen LogP contribution >= 0.6 is 24.0 Å². The zero-order valence-electron chi connectivity index (χ0n) is 10.2. The van der Waals surface area contributed by atoms with E-state index in [4.69, 9.17) is 11.6 Å². The molecule has 0 saturated carbocycles. The molecule has 1 aromatic carbocycles. The predicted molar refractivity (Wildman–Crippen MR) is 79.8 cm³/mol. The summed E-state index contributed by atoms with van der Waals surface area (Å²) in [5.41, 5.74) is 3.94. The van der Waals surface area contributed by atoms with E-state index in [1.165, 1.54) is 16.7 Å². The summed E-state index contributed by atoms with van der Waals surface area (Å²) in [5.74, 6) is 0.734. The molecule has 2 aromatic rings. The summed E-state index contributed by atoms with van der Waals surface area (Å²) in [4.78, 5) is 4.12. The Kier molecular flexibility index (Phi) is 6.77. The van der Waals surface area contributed by atoms with E-state index in [1.54, 1.807) is 6.20 Å². The molecule has 0 amide bonds. The van der Waals surface area contributed by atoms with Crippen molar-refractivity contribution in [3.05, 3.63) is 65.5 Å². The van der Waals surface area contributed by atoms with Crippen molar-refractivity contribution < 1.29 is 0 Å². The molecular weight excluding hydrogens is 265 g/mol. The number of aryl methyl sites for hydroxylation is 1. The van der Waals surface area contributed by atoms with E-state index >= 15 is 0 Å². The fraction of sp³-hybridized carbons (Fsp3) is 0.267. The lowest BCUT2D eigenvalue weighted by Gasteiger charge is -2.03. The number of rotatable bonds is 5. The van der Waals surface area contributed by atoms with Crippen molar-refractivity contribution >= 4 is 24.0 Å². The number of alkyl halides is 1. The molecule has 1 aromatic heterocycles. The van der Waals surface area contributed by atoms with Gasteiger partial charge in [0.25, 0.3) is 0 Å². The first-order chi connectivity index (χ1) is 8.38. The molecular formula is C15H17Cl2N. The van der Waals surface area contributed by atoms with Crippen LogP contribution in [0.2, 0.25) is 0 Å². The van der Waals surface area contributed by atoms with E-state index in [2.05, 4.69) is 35.3 Å². The van der Waals surface area contributed by atoms with Crippen LogP contribution in [0.15, 0.2) is 48.8 Å². The minimum Gasteiger partial charge on any atom is -0.264 e. The molecule has 1 heterocycles. The van der Waals surface area contributed by atoms with E-state index < -0.39 is 0 Å². The Bertz CT molecular complexity index is 440. The molecule has 0 bridgehead atoms. The fourth-order valence-corrected chi connectivity index (χ4v) is 1.97. The Balaban J connectivity index is 0.00000162. The highest BCUT2D eigenvalue weighted by Gasteiger charge is 1.97. The number of benzene rings is 1. The lowest BCUT2D eigenvalue weighted by atomic mass is 10.0. The van der Waals surface area contributed by atoms with Crippen molar-refractivity contribution in [1.82, 2.24) is 4.98 Å². The summed E-state index contributed by atoms with van der Waals surface area (Å²) >= 11 is 5.68. The maximum Gasteiger partial charge on any atom is 0.0303 e. The smallest absolute Gasteiger partial charge is 0.0303 e. The van der Waals surface area contributed by atoms with Gasteiger partial charge in [0.1, 0.15) is 0 Å². The normalized spacial score (nSPS) is 9.83. The molecule has 2 rings (SSSR count). The van der Waals surface area contributed by atoms with Gasteiger partial charge in [-0.1, -0.05) is 30.3 Å². The Morgan fingerprint density at radius 2 is 1.67 bits per heavy atom. The molecule has 96 valence electrons. The Morgan fingerprint density at radius 3 is 2.28 bits per heavy atom. The van der Waals surface area contributed by atoms with Crippen molar-refractivity contribution in [1.29, 1.82) is 0 Å². The minimum absolute atomic E-state index is 0. The van der Waals surface area contributed by atoms with Crippen LogP contribution in [0.4, 0.5) is 0 Å². The molecule has 0 aliphatic rings. The van der Waals surface area contributed by atoms with Crippen LogP contribution in [0.25, 0.3) is 0 Å². The zero-order chi connectivity index (χ0) is 11.9. The van der Waals surface area contributed by atoms with E-state index in [0.717, 1.165) is 25.1 Å². The van der Waals surface area contributed by atoms with Gasteiger partial charge in [0.05, 0.1) is 0 Å². The fourth-order valence-electron chi connectivity index (χ4n) is 1.83. The van der Waals surface area contributed by atoms with E-state index in [9.17, 15) is 0 Å². The van der Waals surface area contributed by atoms with Gasteiger partial charge in [-0.05, 0) is 42.0 Å². The van der Waals surface area contributed by atoms with Gasteiger partial charge in [0, 0.05) is 18.3 Å². The molecule has 3 heteroatoms. The number of nitrogens with zero attached hydrogens (tertiary/aromatic N) is 1. The van der Waals surface area contributed by atoms with Crippen LogP contribution in [-0.2, 0) is 12.8 Å². The molecule has 0 atom stereocenters. The number of halogens is 2. The lowest BCUT2D eigenvalue weighted by Crippen LogP contribution is -1.91. The van der Waals surface area contributed by atoms with E-state index in [-0.39, 0.29) is 12.4 Å². The Morgan fingerprint density at radius 1 is 0.944 bits per heavy atom. The second-order valence-electron chi connectivity index (χ2n) is 4.15. The van der Waals surface area contributed by atoms with Crippen LogP contribution in [0.5, 0.6) is 0 Å². The van der Waals surface area contributed by atoms with Crippen molar-refractivity contribution in [2.24, 2.45) is 0 Å². The lowest BCUT2D eigenvalue weighted by molar-refractivity contribution is 0.927. The summed E-state index contributed by atoms with van der Waals surface area (Å²) in [6.07, 6.45) is 6.78. The number of hydrogen-bond acceptors (Lipinski definition) is 1. The first-order valence-corrected chi connectivity index (χ1v) is 6.44. The third kappa shape index (κ3) is 4.67. The minimum atomic E-state index is 0. The molecule has 0 fully saturated rings. The van der Waals surface area contributed by atoms with Gasteiger partial charge in [-0.2, -0.15) is 0 Å². The molecule has 0 spiro atoms. The summed E-state index contributed by atoms with van der Waals surface area (Å²) in [5, 5.41) is 0. The van der Waals surface area contributed by atoms with Crippen LogP contribution in [-0.4, -0.2) is 10.9 Å². The average Bonchev–Trinajstić information content (AvgIpc) is 2.39. The molecule has 18 heavy (non-hydrogen) atoms. The largest absolute Gasteiger partial charge is 0.264 e. The third-order valence-corrected chi connectivity index (χ3v) is 3.02. The van der Waals surface area contributed by atoms with E-state index in [0.29, 0.717) is 0 Å². The van der Waals surface area contributed by atoms with Gasteiger partial charge in [0.2, 0.25) is 0 Å². The molecule has 1 nitrogen and oxygen atoms in total. The van der Waals surface area contributed by atoms with Crippen LogP contribution in [0, 0.1) is 0 Å². The maximum absolute atomic E-state index is 5.68. The van der Waals surface area contributed by atoms with Crippen LogP contribution < -0.4 is 0 Å². The van der Waals surface area contributed by atoms with Gasteiger partial charge >= 0.3 is 0 Å². The van der Waals surface area contributed by atoms with Gasteiger partial charge in [0.15, 0.2) is 0 Å². The van der Waals surface area contributed by atoms with Crippen LogP contribution in [0.1, 0.15) is 23.1 Å². The molecule has 0 N–H and O–H groups in total. The topological polar surface area (TPSA) is 12.9 Å². The van der Waals surface area contributed by atoms with Gasteiger partial charge in [-0.3, -0.25) is 4.98 Å². The summed E-state index contributed by atoms with van der Waals surface area (Å²) < 4.78 is 0. The summed E-state index contributed by atoms with van der Waals surface area (Å²) in [6.45, 7) is 0. The third-order valence-electron chi connectivity index (χ3n) is 2.75. The maximum atomic E-state index is 5.68. The molecule has 0 aliphatic heterocycles. The monoisotopic (exact) mass is 281 g/mol. The highest BCUT2D eigenvalue weighted by atomic mass is 35.5. The van der Waals surface area contributed by atoms with Crippen molar-refractivity contribution in [2.75, 3.05) is 5.88 Å². The zero-order valence-corrected chi connectivity index (χ0v) is 11.8.